The fraction of sp³-hybridized carbons (Fsp3) is 0.333. The molecule has 2 heterocycles. The summed E-state index contributed by atoms with van der Waals surface area (Å²) in [5.74, 6) is 1.28. The van der Waals surface area contributed by atoms with Crippen LogP contribution in [0.3, 0.4) is 0 Å². The summed E-state index contributed by atoms with van der Waals surface area (Å²) < 4.78 is 27.0. The number of nitrogens with two attached hydrogens (primary N) is 1. The van der Waals surface area contributed by atoms with Gasteiger partial charge in [-0.25, -0.2) is 4.39 Å². The fourth-order valence-corrected chi connectivity index (χ4v) is 3.78. The van der Waals surface area contributed by atoms with Gasteiger partial charge in [-0.2, -0.15) is 9.78 Å². The van der Waals surface area contributed by atoms with E-state index in [-0.39, 0.29) is 29.9 Å². The first-order valence-electron chi connectivity index (χ1n) is 10.8. The first-order chi connectivity index (χ1) is 15.8. The van der Waals surface area contributed by atoms with Crippen LogP contribution in [0, 0.1) is 0 Å². The van der Waals surface area contributed by atoms with Crippen LogP contribution in [-0.4, -0.2) is 35.2 Å². The molecule has 33 heavy (non-hydrogen) atoms. The van der Waals surface area contributed by atoms with E-state index < -0.39 is 11.2 Å². The maximum atomic E-state index is 14.7. The first kappa shape index (κ1) is 23.2. The third kappa shape index (κ3) is 5.52. The van der Waals surface area contributed by atoms with Crippen LogP contribution in [0.5, 0.6) is 11.5 Å². The molecule has 3 aromatic rings. The number of benzene rings is 2. The molecule has 1 saturated heterocycles. The van der Waals surface area contributed by atoms with Crippen LogP contribution in [0.4, 0.5) is 10.1 Å². The van der Waals surface area contributed by atoms with Gasteiger partial charge in [0.1, 0.15) is 16.5 Å². The van der Waals surface area contributed by atoms with Crippen LogP contribution in [0.15, 0.2) is 59.5 Å². The van der Waals surface area contributed by atoms with Gasteiger partial charge in [0.15, 0.2) is 5.67 Å². The Morgan fingerprint density at radius 3 is 2.52 bits per heavy atom. The lowest BCUT2D eigenvalue weighted by Crippen LogP contribution is -2.40. The summed E-state index contributed by atoms with van der Waals surface area (Å²) >= 11 is 6.26. The van der Waals surface area contributed by atoms with E-state index in [1.54, 1.807) is 24.3 Å². The molecule has 4 rings (SSSR count). The van der Waals surface area contributed by atoms with Gasteiger partial charge >= 0.3 is 0 Å². The van der Waals surface area contributed by atoms with Crippen LogP contribution in [0.2, 0.25) is 5.02 Å². The predicted octanol–water partition coefficient (Wildman–Crippen LogP) is 4.63. The number of hydrogen-bond acceptors (Lipinski definition) is 6. The highest BCUT2D eigenvalue weighted by Crippen LogP contribution is 2.26. The molecule has 0 aliphatic carbocycles. The topological polar surface area (TPSA) is 91.4 Å². The van der Waals surface area contributed by atoms with Crippen molar-refractivity contribution in [2.24, 2.45) is 5.73 Å². The van der Waals surface area contributed by atoms with Gasteiger partial charge in [0.05, 0.1) is 30.7 Å². The van der Waals surface area contributed by atoms with Gasteiger partial charge in [-0.15, -0.1) is 0 Å². The van der Waals surface area contributed by atoms with Crippen molar-refractivity contribution in [2.75, 3.05) is 25.1 Å². The molecule has 174 valence electrons. The van der Waals surface area contributed by atoms with Gasteiger partial charge in [0.2, 0.25) is 0 Å². The normalized spacial score (nSPS) is 19.2. The molecule has 9 heteroatoms. The van der Waals surface area contributed by atoms with Gasteiger partial charge in [0, 0.05) is 12.6 Å². The largest absolute Gasteiger partial charge is 0.457 e. The zero-order chi connectivity index (χ0) is 23.4. The lowest BCUT2D eigenvalue weighted by Gasteiger charge is -2.29. The molecule has 1 aliphatic rings. The Morgan fingerprint density at radius 1 is 1.24 bits per heavy atom. The average Bonchev–Trinajstić information content (AvgIpc) is 2.82. The summed E-state index contributed by atoms with van der Waals surface area (Å²) in [5, 5.41) is 7.03. The molecule has 2 aromatic carbocycles. The molecule has 0 bridgehead atoms. The van der Waals surface area contributed by atoms with E-state index in [1.165, 1.54) is 10.9 Å². The van der Waals surface area contributed by atoms with Crippen LogP contribution in [-0.2, 0) is 4.74 Å². The summed E-state index contributed by atoms with van der Waals surface area (Å²) in [5.41, 5.74) is 5.70. The highest BCUT2D eigenvalue weighted by molar-refractivity contribution is 6.32. The molecule has 1 aromatic heterocycles. The molecule has 0 amide bonds. The Balaban J connectivity index is 1.45. The summed E-state index contributed by atoms with van der Waals surface area (Å²) in [6, 6.07) is 14.4. The molecule has 1 fully saturated rings. The van der Waals surface area contributed by atoms with Gasteiger partial charge in [-0.05, 0) is 61.7 Å². The number of nitrogens with one attached hydrogen (secondary N) is 1. The molecular formula is C24H26ClFN4O3. The van der Waals surface area contributed by atoms with Gasteiger partial charge < -0.3 is 20.5 Å². The van der Waals surface area contributed by atoms with E-state index >= 15 is 0 Å². The second-order valence-electron chi connectivity index (χ2n) is 8.20. The highest BCUT2D eigenvalue weighted by atomic mass is 35.5. The third-order valence-electron chi connectivity index (χ3n) is 5.51. The van der Waals surface area contributed by atoms with Crippen molar-refractivity contribution in [3.05, 3.63) is 75.7 Å². The fourth-order valence-electron chi connectivity index (χ4n) is 3.58. The van der Waals surface area contributed by atoms with Crippen LogP contribution in [0.1, 0.15) is 31.4 Å². The molecule has 0 saturated carbocycles. The van der Waals surface area contributed by atoms with E-state index in [0.29, 0.717) is 36.6 Å². The van der Waals surface area contributed by atoms with Crippen LogP contribution < -0.4 is 21.3 Å². The quantitative estimate of drug-likeness (QED) is 0.521. The molecule has 3 N–H and O–H groups in total. The Morgan fingerprint density at radius 2 is 1.91 bits per heavy atom. The van der Waals surface area contributed by atoms with Crippen LogP contribution in [0.25, 0.3) is 5.69 Å². The maximum Gasteiger partial charge on any atom is 0.292 e. The minimum absolute atomic E-state index is 0.00490. The van der Waals surface area contributed by atoms with E-state index in [2.05, 4.69) is 10.4 Å². The lowest BCUT2D eigenvalue weighted by atomic mass is 9.99. The summed E-state index contributed by atoms with van der Waals surface area (Å²) in [6.45, 7) is 2.50. The van der Waals surface area contributed by atoms with Crippen molar-refractivity contribution in [3.8, 4) is 17.2 Å². The van der Waals surface area contributed by atoms with E-state index in [4.69, 9.17) is 26.8 Å². The minimum Gasteiger partial charge on any atom is -0.457 e. The number of hydrogen-bond donors (Lipinski definition) is 2. The molecular weight excluding hydrogens is 447 g/mol. The van der Waals surface area contributed by atoms with Crippen molar-refractivity contribution >= 4 is 17.3 Å². The molecule has 0 unspecified atom stereocenters. The van der Waals surface area contributed by atoms with Crippen molar-refractivity contribution in [1.82, 2.24) is 9.78 Å². The van der Waals surface area contributed by atoms with Gasteiger partial charge in [-0.3, -0.25) is 4.79 Å². The second-order valence-corrected chi connectivity index (χ2v) is 8.58. The van der Waals surface area contributed by atoms with Crippen molar-refractivity contribution < 1.29 is 13.9 Å². The smallest absolute Gasteiger partial charge is 0.292 e. The monoisotopic (exact) mass is 472 g/mol. The summed E-state index contributed by atoms with van der Waals surface area (Å²) in [4.78, 5) is 12.8. The number of ether oxygens (including phenoxy) is 2. The van der Waals surface area contributed by atoms with Gasteiger partial charge in [0.25, 0.3) is 5.56 Å². The van der Waals surface area contributed by atoms with Crippen molar-refractivity contribution in [2.45, 2.75) is 31.5 Å². The molecule has 7 nitrogen and oxygen atoms in total. The highest BCUT2D eigenvalue weighted by Gasteiger charge is 2.32. The Bertz CT molecular complexity index is 1140. The number of halogens is 2. The summed E-state index contributed by atoms with van der Waals surface area (Å²) in [6.07, 6.45) is 2.47. The van der Waals surface area contributed by atoms with E-state index in [1.807, 2.05) is 31.2 Å². The van der Waals surface area contributed by atoms with E-state index in [9.17, 15) is 9.18 Å². The SMILES string of the molecule is C[C@H](N)c1ccc(Oc2ccc(-n3ncc(NC[C@@]4(F)CCCOC4)c(Cl)c3=O)cc2)cc1. The standard InChI is InChI=1S/C24H26ClFN4O3/c1-16(27)17-3-7-19(8-4-17)33-20-9-5-18(6-10-20)30-23(31)22(25)21(13-29-30)28-14-24(26)11-2-12-32-15-24/h3-10,13,16,28H,2,11-12,14-15,27H2,1H3/t16-,24-/m0/s1. The number of aromatic nitrogens is 2. The number of rotatable bonds is 7. The third-order valence-corrected chi connectivity index (χ3v) is 5.88. The Labute approximate surface area is 196 Å². The van der Waals surface area contributed by atoms with Crippen LogP contribution >= 0.6 is 11.6 Å². The van der Waals surface area contributed by atoms with Crippen molar-refractivity contribution in [1.29, 1.82) is 0 Å². The zero-order valence-corrected chi connectivity index (χ0v) is 19.0. The zero-order valence-electron chi connectivity index (χ0n) is 18.3. The van der Waals surface area contributed by atoms with E-state index in [0.717, 1.165) is 5.56 Å². The minimum atomic E-state index is -1.49. The molecule has 0 spiro atoms. The summed E-state index contributed by atoms with van der Waals surface area (Å²) in [7, 11) is 0. The van der Waals surface area contributed by atoms with Crippen molar-refractivity contribution in [3.63, 3.8) is 0 Å². The lowest BCUT2D eigenvalue weighted by molar-refractivity contribution is -0.0234. The Hall–Kier alpha value is -2.94. The number of nitrogens with zero attached hydrogens (tertiary/aromatic N) is 2. The Kier molecular flexibility index (Phi) is 6.97. The maximum absolute atomic E-state index is 14.7. The average molecular weight is 473 g/mol. The molecule has 2 atom stereocenters. The first-order valence-corrected chi connectivity index (χ1v) is 11.1. The molecule has 0 radical (unpaired) electrons. The molecule has 1 aliphatic heterocycles. The number of anilines is 1. The predicted molar refractivity (Wildman–Crippen MR) is 126 cm³/mol. The second kappa shape index (κ2) is 9.91. The van der Waals surface area contributed by atoms with Gasteiger partial charge in [-0.1, -0.05) is 23.7 Å². The number of alkyl halides is 1.